The second kappa shape index (κ2) is 12.0. The van der Waals surface area contributed by atoms with Crippen molar-refractivity contribution in [1.29, 1.82) is 0 Å². The summed E-state index contributed by atoms with van der Waals surface area (Å²) >= 11 is 5.98. The molecule has 5 nitrogen and oxygen atoms in total. The first-order chi connectivity index (χ1) is 9.27. The van der Waals surface area contributed by atoms with Crippen LogP contribution in [0, 0.1) is 0 Å². The Labute approximate surface area is 142 Å². The summed E-state index contributed by atoms with van der Waals surface area (Å²) in [5, 5.41) is 6.86. The molecule has 1 aromatic carbocycles. The number of nitrogens with one attached hydrogen (secondary N) is 2. The fourth-order valence-electron chi connectivity index (χ4n) is 1.38. The number of ether oxygens (including phenoxy) is 2. The lowest BCUT2D eigenvalue weighted by atomic mass is 10.3. The molecule has 2 N–H and O–H groups in total. The maximum Gasteiger partial charge on any atom is 0.191 e. The summed E-state index contributed by atoms with van der Waals surface area (Å²) in [4.78, 5) is 4.08. The minimum atomic E-state index is 0. The Kier molecular flexibility index (Phi) is 11.6. The fourth-order valence-corrected chi connectivity index (χ4v) is 1.57. The highest BCUT2D eigenvalue weighted by Gasteiger charge is 2.00. The summed E-state index contributed by atoms with van der Waals surface area (Å²) in [5.41, 5.74) is 0. The van der Waals surface area contributed by atoms with Gasteiger partial charge in [0.15, 0.2) is 5.96 Å². The Morgan fingerprint density at radius 3 is 2.45 bits per heavy atom. The van der Waals surface area contributed by atoms with Gasteiger partial charge in [0.1, 0.15) is 12.4 Å². The Balaban J connectivity index is 0.00000361. The number of rotatable bonds is 7. The second-order valence-electron chi connectivity index (χ2n) is 3.70. The zero-order valence-corrected chi connectivity index (χ0v) is 14.8. The van der Waals surface area contributed by atoms with Gasteiger partial charge in [-0.05, 0) is 12.1 Å². The van der Waals surface area contributed by atoms with Crippen LogP contribution < -0.4 is 15.4 Å². The van der Waals surface area contributed by atoms with Gasteiger partial charge in [-0.15, -0.1) is 24.0 Å². The highest BCUT2D eigenvalue weighted by atomic mass is 127. The van der Waals surface area contributed by atoms with Crippen LogP contribution in [0.5, 0.6) is 5.75 Å². The second-order valence-corrected chi connectivity index (χ2v) is 4.10. The normalized spacial score (nSPS) is 10.7. The van der Waals surface area contributed by atoms with Crippen molar-refractivity contribution in [1.82, 2.24) is 10.6 Å². The third-order valence-corrected chi connectivity index (χ3v) is 2.62. The molecule has 7 heteroatoms. The molecule has 0 heterocycles. The first kappa shape index (κ1) is 19.3. The molecule has 0 saturated heterocycles. The predicted octanol–water partition coefficient (Wildman–Crippen LogP) is 2.15. The molecule has 0 radical (unpaired) electrons. The number of nitrogens with zero attached hydrogens (tertiary/aromatic N) is 1. The molecule has 0 aliphatic carbocycles. The summed E-state index contributed by atoms with van der Waals surface area (Å²) in [6, 6.07) is 7.40. The Morgan fingerprint density at radius 2 is 1.85 bits per heavy atom. The van der Waals surface area contributed by atoms with Gasteiger partial charge in [0.25, 0.3) is 0 Å². The maximum absolute atomic E-state index is 5.98. The molecule has 0 amide bonds. The largest absolute Gasteiger partial charge is 0.490 e. The zero-order chi connectivity index (χ0) is 13.9. The Morgan fingerprint density at radius 1 is 1.20 bits per heavy atom. The summed E-state index contributed by atoms with van der Waals surface area (Å²) < 4.78 is 10.5. The molecular weight excluding hydrogens is 393 g/mol. The van der Waals surface area contributed by atoms with E-state index in [1.165, 1.54) is 0 Å². The lowest BCUT2D eigenvalue weighted by Crippen LogP contribution is -2.40. The number of guanidine groups is 1. The van der Waals surface area contributed by atoms with Gasteiger partial charge < -0.3 is 20.1 Å². The van der Waals surface area contributed by atoms with E-state index in [4.69, 9.17) is 21.1 Å². The molecule has 0 aliphatic heterocycles. The van der Waals surface area contributed by atoms with Crippen molar-refractivity contribution >= 4 is 41.5 Å². The van der Waals surface area contributed by atoms with Gasteiger partial charge in [-0.3, -0.25) is 4.99 Å². The highest BCUT2D eigenvalue weighted by Crippen LogP contribution is 2.22. The molecule has 0 unspecified atom stereocenters. The van der Waals surface area contributed by atoms with E-state index in [-0.39, 0.29) is 24.0 Å². The van der Waals surface area contributed by atoms with Crippen LogP contribution in [-0.4, -0.2) is 46.4 Å². The van der Waals surface area contributed by atoms with Crippen molar-refractivity contribution in [3.63, 3.8) is 0 Å². The number of halogens is 2. The van der Waals surface area contributed by atoms with Crippen LogP contribution >= 0.6 is 35.6 Å². The van der Waals surface area contributed by atoms with Crippen molar-refractivity contribution in [3.05, 3.63) is 29.3 Å². The van der Waals surface area contributed by atoms with Crippen LogP contribution in [0.3, 0.4) is 0 Å². The Hall–Kier alpha value is -0.730. The van der Waals surface area contributed by atoms with Gasteiger partial charge >= 0.3 is 0 Å². The van der Waals surface area contributed by atoms with Crippen LogP contribution in [0.4, 0.5) is 0 Å². The lowest BCUT2D eigenvalue weighted by Gasteiger charge is -2.12. The SMILES string of the molecule is CN=C(NCCOC)NCCOc1ccccc1Cl.I. The van der Waals surface area contributed by atoms with Crippen LogP contribution in [0.1, 0.15) is 0 Å². The lowest BCUT2D eigenvalue weighted by molar-refractivity contribution is 0.203. The first-order valence-electron chi connectivity index (χ1n) is 6.08. The molecule has 0 atom stereocenters. The highest BCUT2D eigenvalue weighted by molar-refractivity contribution is 14.0. The van der Waals surface area contributed by atoms with Crippen LogP contribution in [0.15, 0.2) is 29.3 Å². The fraction of sp³-hybridized carbons (Fsp3) is 0.462. The third-order valence-electron chi connectivity index (χ3n) is 2.31. The average Bonchev–Trinajstić information content (AvgIpc) is 2.43. The van der Waals surface area contributed by atoms with Crippen molar-refractivity contribution in [2.24, 2.45) is 4.99 Å². The molecule has 0 fully saturated rings. The Bertz CT molecular complexity index is 405. The molecule has 20 heavy (non-hydrogen) atoms. The predicted molar refractivity (Wildman–Crippen MR) is 93.6 cm³/mol. The molecule has 1 aromatic rings. The van der Waals surface area contributed by atoms with E-state index in [2.05, 4.69) is 15.6 Å². The van der Waals surface area contributed by atoms with E-state index >= 15 is 0 Å². The molecule has 0 aromatic heterocycles. The number of aliphatic imine (C=N–C) groups is 1. The molecule has 0 saturated carbocycles. The maximum atomic E-state index is 5.98. The number of hydrogen-bond acceptors (Lipinski definition) is 3. The number of para-hydroxylation sites is 1. The number of hydrogen-bond donors (Lipinski definition) is 2. The summed E-state index contributed by atoms with van der Waals surface area (Å²) in [5.74, 6) is 1.41. The number of benzene rings is 1. The van der Waals surface area contributed by atoms with Crippen LogP contribution in [-0.2, 0) is 4.74 Å². The molecule has 114 valence electrons. The molecule has 0 spiro atoms. The van der Waals surface area contributed by atoms with E-state index in [0.717, 1.165) is 5.96 Å². The number of methoxy groups -OCH3 is 1. The van der Waals surface area contributed by atoms with Gasteiger partial charge in [-0.1, -0.05) is 23.7 Å². The standard InChI is InChI=1S/C13H20ClN3O2.HI/c1-15-13(16-7-9-18-2)17-8-10-19-12-6-4-3-5-11(12)14;/h3-6H,7-10H2,1-2H3,(H2,15,16,17);1H. The molecule has 0 aliphatic rings. The monoisotopic (exact) mass is 413 g/mol. The summed E-state index contributed by atoms with van der Waals surface area (Å²) in [7, 11) is 3.38. The van der Waals surface area contributed by atoms with Crippen molar-refractivity contribution in [3.8, 4) is 5.75 Å². The van der Waals surface area contributed by atoms with Gasteiger partial charge in [-0.25, -0.2) is 0 Å². The first-order valence-corrected chi connectivity index (χ1v) is 6.46. The topological polar surface area (TPSA) is 54.9 Å². The van der Waals surface area contributed by atoms with E-state index in [1.54, 1.807) is 20.2 Å². The van der Waals surface area contributed by atoms with Crippen molar-refractivity contribution < 1.29 is 9.47 Å². The van der Waals surface area contributed by atoms with Gasteiger partial charge in [0, 0.05) is 20.7 Å². The molecule has 1 rings (SSSR count). The zero-order valence-electron chi connectivity index (χ0n) is 11.7. The van der Waals surface area contributed by atoms with Gasteiger partial charge in [0.05, 0.1) is 18.2 Å². The van der Waals surface area contributed by atoms with E-state index < -0.39 is 0 Å². The van der Waals surface area contributed by atoms with Crippen LogP contribution in [0.25, 0.3) is 0 Å². The molecular formula is C13H21ClIN3O2. The van der Waals surface area contributed by atoms with Crippen LogP contribution in [0.2, 0.25) is 5.02 Å². The van der Waals surface area contributed by atoms with E-state index in [1.807, 2.05) is 18.2 Å². The smallest absolute Gasteiger partial charge is 0.191 e. The van der Waals surface area contributed by atoms with Crippen molar-refractivity contribution in [2.45, 2.75) is 0 Å². The summed E-state index contributed by atoms with van der Waals surface area (Å²) in [6.45, 7) is 2.49. The van der Waals surface area contributed by atoms with E-state index in [0.29, 0.717) is 37.1 Å². The van der Waals surface area contributed by atoms with Gasteiger partial charge in [-0.2, -0.15) is 0 Å². The minimum absolute atomic E-state index is 0. The summed E-state index contributed by atoms with van der Waals surface area (Å²) in [6.07, 6.45) is 0. The third kappa shape index (κ3) is 7.76. The minimum Gasteiger partial charge on any atom is -0.490 e. The molecule has 0 bridgehead atoms. The average molecular weight is 414 g/mol. The van der Waals surface area contributed by atoms with Gasteiger partial charge in [0.2, 0.25) is 0 Å². The quantitative estimate of drug-likeness (QED) is 0.311. The van der Waals surface area contributed by atoms with E-state index in [9.17, 15) is 0 Å². The van der Waals surface area contributed by atoms with Crippen molar-refractivity contribution in [2.75, 3.05) is 40.5 Å².